The number of hydrogen-bond acceptors (Lipinski definition) is 5. The molecule has 2 N–H and O–H groups in total. The maximum absolute atomic E-state index is 15.0. The van der Waals surface area contributed by atoms with Crippen LogP contribution in [-0.4, -0.2) is 73.6 Å². The number of piperidine rings is 1. The molecule has 276 valence electrons. The Kier molecular flexibility index (Phi) is 8.38. The summed E-state index contributed by atoms with van der Waals surface area (Å²) in [5.41, 5.74) is 7.08. The Labute approximate surface area is 311 Å². The first-order valence-electron chi connectivity index (χ1n) is 18.9. The zero-order chi connectivity index (χ0) is 36.6. The molecule has 4 heterocycles. The van der Waals surface area contributed by atoms with E-state index in [0.717, 1.165) is 63.8 Å². The summed E-state index contributed by atoms with van der Waals surface area (Å²) in [5, 5.41) is 1.12. The zero-order valence-corrected chi connectivity index (χ0v) is 31.3. The maximum Gasteiger partial charge on any atom is 0.326 e. The van der Waals surface area contributed by atoms with Gasteiger partial charge in [-0.2, -0.15) is 0 Å². The van der Waals surface area contributed by atoms with Crippen molar-refractivity contribution in [2.24, 2.45) is 5.41 Å². The van der Waals surface area contributed by atoms with Crippen LogP contribution in [0.3, 0.4) is 0 Å². The number of aromatic amines is 1. The van der Waals surface area contributed by atoms with Gasteiger partial charge in [-0.1, -0.05) is 37.5 Å². The Morgan fingerprint density at radius 1 is 0.962 bits per heavy atom. The lowest BCUT2D eigenvalue weighted by atomic mass is 9.81. The van der Waals surface area contributed by atoms with Gasteiger partial charge in [0.05, 0.1) is 29.3 Å². The first-order valence-corrected chi connectivity index (χ1v) is 20.0. The van der Waals surface area contributed by atoms with Crippen LogP contribution in [0.2, 0.25) is 0 Å². The number of carbonyl (C=O) groups excluding carboxylic acids is 2. The number of carbonyl (C=O) groups is 2. The van der Waals surface area contributed by atoms with Gasteiger partial charge in [-0.15, -0.1) is 0 Å². The summed E-state index contributed by atoms with van der Waals surface area (Å²) < 4.78 is 26.6. The minimum absolute atomic E-state index is 0.0127. The molecular weight excluding hydrogens is 689 g/mol. The van der Waals surface area contributed by atoms with Crippen molar-refractivity contribution in [3.8, 4) is 17.0 Å². The molecule has 3 atom stereocenters. The number of benzene rings is 3. The number of nitrogens with zero attached hydrogens (tertiary/aromatic N) is 4. The molecule has 2 aliphatic heterocycles. The molecule has 5 aromatic rings. The molecular formula is C41H46N6O5S. The van der Waals surface area contributed by atoms with E-state index in [1.807, 2.05) is 51.9 Å². The van der Waals surface area contributed by atoms with Gasteiger partial charge in [-0.05, 0) is 91.6 Å². The van der Waals surface area contributed by atoms with Crippen molar-refractivity contribution in [2.75, 3.05) is 34.3 Å². The van der Waals surface area contributed by atoms with E-state index in [9.17, 15) is 13.8 Å². The molecule has 4 aliphatic rings. The second kappa shape index (κ2) is 13.0. The number of rotatable bonds is 7. The number of fused-ring (bicyclic) bond motifs is 8. The molecule has 2 amide bonds. The summed E-state index contributed by atoms with van der Waals surface area (Å²) in [6.45, 7) is 1.66. The highest BCUT2D eigenvalue weighted by atomic mass is 32.2. The molecule has 0 radical (unpaired) electrons. The van der Waals surface area contributed by atoms with Gasteiger partial charge in [0, 0.05) is 67.7 Å². The summed E-state index contributed by atoms with van der Waals surface area (Å²) in [6, 6.07) is 20.0. The van der Waals surface area contributed by atoms with Gasteiger partial charge in [0.2, 0.25) is 5.91 Å². The number of likely N-dealkylation sites (tertiary alicyclic amines) is 1. The van der Waals surface area contributed by atoms with Crippen molar-refractivity contribution in [1.82, 2.24) is 28.0 Å². The molecule has 2 saturated carbocycles. The lowest BCUT2D eigenvalue weighted by molar-refractivity contribution is -0.139. The molecule has 53 heavy (non-hydrogen) atoms. The molecule has 12 heteroatoms. The third kappa shape index (κ3) is 5.55. The normalized spacial score (nSPS) is 22.3. The van der Waals surface area contributed by atoms with Crippen molar-refractivity contribution < 1.29 is 18.5 Å². The number of imidazole rings is 1. The molecule has 2 aliphatic carbocycles. The highest BCUT2D eigenvalue weighted by molar-refractivity contribution is 7.81. The third-order valence-corrected chi connectivity index (χ3v) is 13.5. The topological polar surface area (TPSA) is 122 Å². The second-order valence-electron chi connectivity index (χ2n) is 15.6. The van der Waals surface area contributed by atoms with Gasteiger partial charge in [0.1, 0.15) is 5.75 Å². The Hall–Kier alpha value is -4.68. The predicted octanol–water partition coefficient (Wildman–Crippen LogP) is 6.23. The molecule has 3 unspecified atom stereocenters. The molecule has 9 rings (SSSR count). The van der Waals surface area contributed by atoms with Crippen LogP contribution in [-0.2, 0) is 22.5 Å². The number of hydrogen-bond donors (Lipinski definition) is 2. The lowest BCUT2D eigenvalue weighted by Crippen LogP contribution is -2.45. The van der Waals surface area contributed by atoms with Gasteiger partial charge in [-0.25, -0.2) is 13.3 Å². The van der Waals surface area contributed by atoms with E-state index in [2.05, 4.69) is 32.5 Å². The number of aromatic nitrogens is 3. The Bertz CT molecular complexity index is 2360. The highest BCUT2D eigenvalue weighted by Gasteiger charge is 2.64. The second-order valence-corrected chi connectivity index (χ2v) is 17.0. The van der Waals surface area contributed by atoms with Crippen molar-refractivity contribution >= 4 is 44.9 Å². The number of amides is 2. The van der Waals surface area contributed by atoms with E-state index in [4.69, 9.17) is 4.74 Å². The number of H-pyrrole nitrogens is 1. The van der Waals surface area contributed by atoms with Crippen molar-refractivity contribution in [2.45, 2.75) is 75.8 Å². The summed E-state index contributed by atoms with van der Waals surface area (Å²) in [6.07, 6.45) is 7.92. The van der Waals surface area contributed by atoms with E-state index >= 15 is 4.79 Å². The van der Waals surface area contributed by atoms with Crippen LogP contribution in [0.1, 0.15) is 90.7 Å². The fraction of sp³-hybridized carbons (Fsp3) is 0.439. The van der Waals surface area contributed by atoms with Crippen molar-refractivity contribution in [3.63, 3.8) is 0 Å². The average molecular weight is 735 g/mol. The highest BCUT2D eigenvalue weighted by Crippen LogP contribution is 2.66. The van der Waals surface area contributed by atoms with Gasteiger partial charge in [0.25, 0.3) is 5.91 Å². The average Bonchev–Trinajstić information content (AvgIpc) is 3.72. The Morgan fingerprint density at radius 2 is 1.74 bits per heavy atom. The standard InChI is InChI=1S/C41H46N6O5S/c1-44(2)53(51)43-38(48)26-13-15-30-35(21-26)46-24-41(39(49)45-19-17-27(18-20-45)47-34-12-8-7-11-33(34)42-40(47)50)23-32(41)31-22-28(52-3)14-16-29(31)37(46)36(30)25-9-5-4-6-10-25/h7-8,11-16,21-22,25,27,32H,4-6,9-10,17-20,23-24H2,1-3H3,(H,42,50)(H,43,48). The van der Waals surface area contributed by atoms with E-state index < -0.39 is 22.5 Å². The van der Waals surface area contributed by atoms with Gasteiger partial charge < -0.3 is 19.2 Å². The summed E-state index contributed by atoms with van der Waals surface area (Å²) in [5.74, 6) is 0.923. The van der Waals surface area contributed by atoms with E-state index in [-0.39, 0.29) is 23.6 Å². The molecule has 3 aromatic carbocycles. The zero-order valence-electron chi connectivity index (χ0n) is 30.5. The number of nitrogens with one attached hydrogen (secondary N) is 2. The molecule has 11 nitrogen and oxygen atoms in total. The first kappa shape index (κ1) is 34.1. The summed E-state index contributed by atoms with van der Waals surface area (Å²) in [4.78, 5) is 46.5. The van der Waals surface area contributed by atoms with E-state index in [1.165, 1.54) is 29.1 Å². The smallest absolute Gasteiger partial charge is 0.326 e. The predicted molar refractivity (Wildman–Crippen MR) is 206 cm³/mol. The van der Waals surface area contributed by atoms with Crippen LogP contribution in [0.4, 0.5) is 0 Å². The summed E-state index contributed by atoms with van der Waals surface area (Å²) >= 11 is -1.66. The minimum Gasteiger partial charge on any atom is -0.497 e. The van der Waals surface area contributed by atoms with Crippen molar-refractivity contribution in [3.05, 3.63) is 87.8 Å². The Balaban J connectivity index is 1.13. The maximum atomic E-state index is 15.0. The van der Waals surface area contributed by atoms with Crippen LogP contribution >= 0.6 is 0 Å². The van der Waals surface area contributed by atoms with Crippen LogP contribution in [0, 0.1) is 5.41 Å². The number of ether oxygens (including phenoxy) is 1. The van der Waals surface area contributed by atoms with Crippen LogP contribution in [0.25, 0.3) is 33.2 Å². The van der Waals surface area contributed by atoms with Gasteiger partial charge in [-0.3, -0.25) is 18.9 Å². The molecule has 0 bridgehead atoms. The van der Waals surface area contributed by atoms with Crippen LogP contribution in [0.5, 0.6) is 5.75 Å². The monoisotopic (exact) mass is 734 g/mol. The first-order chi connectivity index (χ1) is 25.7. The van der Waals surface area contributed by atoms with E-state index in [0.29, 0.717) is 44.0 Å². The molecule has 1 saturated heterocycles. The summed E-state index contributed by atoms with van der Waals surface area (Å²) in [7, 11) is 5.00. The fourth-order valence-corrected chi connectivity index (χ4v) is 10.2. The van der Waals surface area contributed by atoms with Crippen LogP contribution in [0.15, 0.2) is 65.5 Å². The molecule has 2 aromatic heterocycles. The molecule has 3 fully saturated rings. The van der Waals surface area contributed by atoms with Gasteiger partial charge in [0.15, 0.2) is 11.2 Å². The van der Waals surface area contributed by atoms with E-state index in [1.54, 1.807) is 21.2 Å². The lowest BCUT2D eigenvalue weighted by Gasteiger charge is -2.35. The fourth-order valence-electron chi connectivity index (χ4n) is 9.73. The Morgan fingerprint density at radius 3 is 2.49 bits per heavy atom. The largest absolute Gasteiger partial charge is 0.497 e. The third-order valence-electron chi connectivity index (χ3n) is 12.5. The number of methoxy groups -OCH3 is 1. The SMILES string of the molecule is COc1ccc2c(c1)C1CC1(C(=O)N1CCC(n3c(=O)[nH]c4ccccc43)CC1)Cn1c-2c(C2CCCCC2)c2ccc(C(=O)NS(=O)N(C)C)cc21. The number of para-hydroxylation sites is 2. The van der Waals surface area contributed by atoms with Crippen LogP contribution < -0.4 is 15.1 Å². The van der Waals surface area contributed by atoms with Crippen molar-refractivity contribution in [1.29, 1.82) is 0 Å². The quantitative estimate of drug-likeness (QED) is 0.206. The molecule has 0 spiro atoms. The van der Waals surface area contributed by atoms with Gasteiger partial charge >= 0.3 is 5.69 Å². The minimum atomic E-state index is -1.66.